The molecule has 1 saturated heterocycles. The number of benzene rings is 2. The number of nitrogens with one attached hydrogen (secondary N) is 2. The third-order valence-corrected chi connectivity index (χ3v) is 5.51. The largest absolute Gasteiger partial charge is 0.493 e. The topological polar surface area (TPSA) is 97.0 Å². The molecule has 0 saturated carbocycles. The van der Waals surface area contributed by atoms with Crippen molar-refractivity contribution in [3.8, 4) is 11.5 Å². The summed E-state index contributed by atoms with van der Waals surface area (Å²) in [6.07, 6.45) is 0.583. The monoisotopic (exact) mass is 409 g/mol. The summed E-state index contributed by atoms with van der Waals surface area (Å²) in [5.74, 6) is 0.417. The molecule has 0 spiro atoms. The second-order valence-corrected chi connectivity index (χ2v) is 7.27. The highest BCUT2D eigenvalue weighted by Crippen LogP contribution is 2.33. The number of anilines is 1. The van der Waals surface area contributed by atoms with Crippen molar-refractivity contribution in [2.24, 2.45) is 0 Å². The van der Waals surface area contributed by atoms with E-state index in [1.165, 1.54) is 0 Å². The van der Waals surface area contributed by atoms with Gasteiger partial charge < -0.3 is 19.7 Å². The maximum Gasteiger partial charge on any atom is 0.255 e. The van der Waals surface area contributed by atoms with Crippen LogP contribution in [0.15, 0.2) is 36.4 Å². The number of imide groups is 1. The normalized spacial score (nSPS) is 18.1. The molecule has 3 amide bonds. The lowest BCUT2D eigenvalue weighted by molar-refractivity contribution is -0.136. The van der Waals surface area contributed by atoms with Gasteiger partial charge in [-0.25, -0.2) is 0 Å². The molecule has 8 heteroatoms. The quantitative estimate of drug-likeness (QED) is 0.709. The van der Waals surface area contributed by atoms with Crippen molar-refractivity contribution in [3.05, 3.63) is 53.1 Å². The van der Waals surface area contributed by atoms with Gasteiger partial charge in [0.15, 0.2) is 11.5 Å². The van der Waals surface area contributed by atoms with E-state index in [0.717, 1.165) is 16.8 Å². The van der Waals surface area contributed by atoms with Crippen molar-refractivity contribution in [2.75, 3.05) is 19.5 Å². The average molecular weight is 409 g/mol. The molecule has 8 nitrogen and oxygen atoms in total. The van der Waals surface area contributed by atoms with Gasteiger partial charge >= 0.3 is 0 Å². The molecule has 0 unspecified atom stereocenters. The maximum atomic E-state index is 12.9. The molecule has 0 radical (unpaired) electrons. The van der Waals surface area contributed by atoms with E-state index >= 15 is 0 Å². The molecule has 2 N–H and O–H groups in total. The number of fused-ring (bicyclic) bond motifs is 1. The first kappa shape index (κ1) is 19.8. The minimum Gasteiger partial charge on any atom is -0.493 e. The molecule has 1 atom stereocenters. The van der Waals surface area contributed by atoms with Crippen LogP contribution in [0.1, 0.15) is 34.3 Å². The average Bonchev–Trinajstić information content (AvgIpc) is 3.09. The zero-order valence-electron chi connectivity index (χ0n) is 16.9. The predicted octanol–water partition coefficient (Wildman–Crippen LogP) is 2.08. The number of nitrogens with zero attached hydrogens (tertiary/aromatic N) is 1. The lowest BCUT2D eigenvalue weighted by Crippen LogP contribution is -2.52. The fourth-order valence-electron chi connectivity index (χ4n) is 3.94. The Morgan fingerprint density at radius 2 is 1.90 bits per heavy atom. The maximum absolute atomic E-state index is 12.9. The van der Waals surface area contributed by atoms with E-state index < -0.39 is 11.9 Å². The van der Waals surface area contributed by atoms with Gasteiger partial charge in [-0.2, -0.15) is 0 Å². The van der Waals surface area contributed by atoms with E-state index in [0.29, 0.717) is 36.6 Å². The third-order valence-electron chi connectivity index (χ3n) is 5.51. The number of hydrogen-bond acceptors (Lipinski definition) is 6. The molecule has 2 aromatic rings. The first-order valence-electron chi connectivity index (χ1n) is 9.73. The van der Waals surface area contributed by atoms with E-state index in [4.69, 9.17) is 9.47 Å². The summed E-state index contributed by atoms with van der Waals surface area (Å²) in [5.41, 5.74) is 3.27. The zero-order valence-corrected chi connectivity index (χ0v) is 16.9. The van der Waals surface area contributed by atoms with Gasteiger partial charge in [0, 0.05) is 36.3 Å². The van der Waals surface area contributed by atoms with Crippen molar-refractivity contribution in [2.45, 2.75) is 32.0 Å². The van der Waals surface area contributed by atoms with Gasteiger partial charge in [0.1, 0.15) is 6.04 Å². The number of rotatable bonds is 6. The van der Waals surface area contributed by atoms with Crippen molar-refractivity contribution in [3.63, 3.8) is 0 Å². The molecule has 30 heavy (non-hydrogen) atoms. The molecule has 4 rings (SSSR count). The molecule has 2 aliphatic rings. The molecular weight excluding hydrogens is 386 g/mol. The second kappa shape index (κ2) is 8.06. The summed E-state index contributed by atoms with van der Waals surface area (Å²) >= 11 is 0. The molecule has 0 aliphatic carbocycles. The van der Waals surface area contributed by atoms with Gasteiger partial charge in [-0.05, 0) is 36.2 Å². The minimum atomic E-state index is -0.624. The van der Waals surface area contributed by atoms with Crippen LogP contribution in [0.5, 0.6) is 11.5 Å². The van der Waals surface area contributed by atoms with Crippen LogP contribution in [0.25, 0.3) is 0 Å². The predicted molar refractivity (Wildman–Crippen MR) is 109 cm³/mol. The number of ether oxygens (including phenoxy) is 2. The fraction of sp³-hybridized carbons (Fsp3) is 0.318. The number of methoxy groups -OCH3 is 2. The van der Waals surface area contributed by atoms with Crippen LogP contribution in [0.3, 0.4) is 0 Å². The van der Waals surface area contributed by atoms with Gasteiger partial charge in [0.05, 0.1) is 14.2 Å². The molecule has 2 aromatic carbocycles. The third kappa shape index (κ3) is 3.56. The van der Waals surface area contributed by atoms with Gasteiger partial charge in [0.2, 0.25) is 11.8 Å². The van der Waals surface area contributed by atoms with E-state index in [2.05, 4.69) is 10.6 Å². The highest BCUT2D eigenvalue weighted by Gasteiger charge is 2.39. The van der Waals surface area contributed by atoms with Crippen LogP contribution in [0.2, 0.25) is 0 Å². The van der Waals surface area contributed by atoms with Crippen LogP contribution < -0.4 is 20.1 Å². The highest BCUT2D eigenvalue weighted by molar-refractivity contribution is 6.06. The number of carbonyl (C=O) groups is 3. The summed E-state index contributed by atoms with van der Waals surface area (Å²) in [6.45, 7) is 0.860. The highest BCUT2D eigenvalue weighted by atomic mass is 16.5. The molecule has 2 heterocycles. The Kier molecular flexibility index (Phi) is 5.31. The molecule has 0 aromatic heterocycles. The standard InChI is InChI=1S/C22H23N3O5/c1-29-18-8-6-13(10-19(18)30-2)11-23-16-5-3-4-14-15(16)12-25(22(14)28)17-7-9-20(26)24-21(17)27/h3-6,8,10,17,23H,7,9,11-12H2,1-2H3,(H,24,26,27)/t17-/m0/s1. The van der Waals surface area contributed by atoms with Crippen molar-refractivity contribution >= 4 is 23.4 Å². The van der Waals surface area contributed by atoms with Crippen LogP contribution in [0, 0.1) is 0 Å². The molecule has 0 bridgehead atoms. The number of hydrogen-bond donors (Lipinski definition) is 2. The molecule has 2 aliphatic heterocycles. The Bertz CT molecular complexity index is 1020. The summed E-state index contributed by atoms with van der Waals surface area (Å²) in [7, 11) is 3.18. The fourth-order valence-corrected chi connectivity index (χ4v) is 3.94. The smallest absolute Gasteiger partial charge is 0.255 e. The molecule has 156 valence electrons. The lowest BCUT2D eigenvalue weighted by Gasteiger charge is -2.29. The Morgan fingerprint density at radius 3 is 2.63 bits per heavy atom. The number of carbonyl (C=O) groups excluding carboxylic acids is 3. The minimum absolute atomic E-state index is 0.186. The first-order valence-corrected chi connectivity index (χ1v) is 9.73. The van der Waals surface area contributed by atoms with Crippen molar-refractivity contribution < 1.29 is 23.9 Å². The second-order valence-electron chi connectivity index (χ2n) is 7.27. The summed E-state index contributed by atoms with van der Waals surface area (Å²) < 4.78 is 10.6. The van der Waals surface area contributed by atoms with Crippen LogP contribution in [0.4, 0.5) is 5.69 Å². The SMILES string of the molecule is COc1ccc(CNc2cccc3c2CN([C@H]2CCC(=O)NC2=O)C3=O)cc1OC. The van der Waals surface area contributed by atoms with Gasteiger partial charge in [0.25, 0.3) is 5.91 Å². The van der Waals surface area contributed by atoms with Crippen LogP contribution >= 0.6 is 0 Å². The van der Waals surface area contributed by atoms with E-state index in [1.807, 2.05) is 30.3 Å². The van der Waals surface area contributed by atoms with Crippen LogP contribution in [-0.4, -0.2) is 42.9 Å². The summed E-state index contributed by atoms with van der Waals surface area (Å²) in [4.78, 5) is 38.1. The van der Waals surface area contributed by atoms with Gasteiger partial charge in [-0.15, -0.1) is 0 Å². The number of piperidine rings is 1. The van der Waals surface area contributed by atoms with Crippen molar-refractivity contribution in [1.29, 1.82) is 0 Å². The van der Waals surface area contributed by atoms with Gasteiger partial charge in [-0.1, -0.05) is 12.1 Å². The zero-order chi connectivity index (χ0) is 21.3. The Balaban J connectivity index is 1.52. The van der Waals surface area contributed by atoms with Crippen molar-refractivity contribution in [1.82, 2.24) is 10.2 Å². The summed E-state index contributed by atoms with van der Waals surface area (Å²) in [5, 5.41) is 5.71. The molecular formula is C22H23N3O5. The Morgan fingerprint density at radius 1 is 1.10 bits per heavy atom. The summed E-state index contributed by atoms with van der Waals surface area (Å²) in [6, 6.07) is 10.6. The lowest BCUT2D eigenvalue weighted by atomic mass is 10.0. The van der Waals surface area contributed by atoms with E-state index in [-0.39, 0.29) is 18.2 Å². The van der Waals surface area contributed by atoms with Gasteiger partial charge in [-0.3, -0.25) is 19.7 Å². The number of amides is 3. The van der Waals surface area contributed by atoms with Crippen LogP contribution in [-0.2, 0) is 22.7 Å². The first-order chi connectivity index (χ1) is 14.5. The molecule has 1 fully saturated rings. The van der Waals surface area contributed by atoms with E-state index in [1.54, 1.807) is 25.2 Å². The van der Waals surface area contributed by atoms with E-state index in [9.17, 15) is 14.4 Å². The Hall–Kier alpha value is -3.55. The Labute approximate surface area is 174 Å².